The summed E-state index contributed by atoms with van der Waals surface area (Å²) >= 11 is 1.38. The number of unbranched alkanes of at least 4 members (excludes halogenated alkanes) is 14. The first-order valence-electron chi connectivity index (χ1n) is 10.0. The first kappa shape index (κ1) is 24.3. The molecule has 0 aliphatic rings. The lowest BCUT2D eigenvalue weighted by Gasteiger charge is -2.03. The zero-order valence-corrected chi connectivity index (χ0v) is 17.5. The van der Waals surface area contributed by atoms with E-state index < -0.39 is 0 Å². The monoisotopic (exact) mass is 386 g/mol. The van der Waals surface area contributed by atoms with Gasteiger partial charge in [-0.05, 0) is 22.9 Å². The molecule has 0 fully saturated rings. The highest BCUT2D eigenvalue weighted by atomic mass is 35.5. The van der Waals surface area contributed by atoms with Crippen molar-refractivity contribution in [2.45, 2.75) is 110 Å². The first-order valence-corrected chi connectivity index (χ1v) is 10.9. The summed E-state index contributed by atoms with van der Waals surface area (Å²) in [4.78, 5) is 3.06. The zero-order chi connectivity index (χ0) is 17.3. The molecule has 144 valence electrons. The van der Waals surface area contributed by atoms with Gasteiger partial charge in [-0.3, -0.25) is 0 Å². The predicted octanol–water partition coefficient (Wildman–Crippen LogP) is 4.44. The van der Waals surface area contributed by atoms with Crippen molar-refractivity contribution in [2.75, 3.05) is 0 Å². The van der Waals surface area contributed by atoms with Crippen LogP contribution < -0.4 is 12.4 Å². The van der Waals surface area contributed by atoms with Gasteiger partial charge >= 0.3 is 5.13 Å². The SMILES string of the molecule is CCCCCCCCCCCCCCCCCc1nnc([N+]#N)s1.[Cl-]. The van der Waals surface area contributed by atoms with E-state index in [4.69, 9.17) is 5.39 Å². The number of halogens is 1. The number of nitrogens with zero attached hydrogens (tertiary/aromatic N) is 4. The lowest BCUT2D eigenvalue weighted by atomic mass is 10.0. The number of rotatable bonds is 16. The van der Waals surface area contributed by atoms with Gasteiger partial charge in [0, 0.05) is 11.4 Å². The predicted molar refractivity (Wildman–Crippen MR) is 103 cm³/mol. The maximum absolute atomic E-state index is 8.59. The van der Waals surface area contributed by atoms with Crippen LogP contribution in [0.15, 0.2) is 0 Å². The molecule has 0 aliphatic heterocycles. The van der Waals surface area contributed by atoms with Gasteiger partial charge in [-0.1, -0.05) is 96.8 Å². The van der Waals surface area contributed by atoms with Crippen molar-refractivity contribution < 1.29 is 12.4 Å². The molecule has 0 amide bonds. The van der Waals surface area contributed by atoms with Crippen LogP contribution in [-0.2, 0) is 6.42 Å². The van der Waals surface area contributed by atoms with Gasteiger partial charge < -0.3 is 12.4 Å². The zero-order valence-electron chi connectivity index (χ0n) is 15.9. The molecule has 0 saturated carbocycles. The third-order valence-electron chi connectivity index (χ3n) is 4.54. The molecule has 0 saturated heterocycles. The fourth-order valence-corrected chi connectivity index (χ4v) is 3.70. The number of diazo groups is 1. The van der Waals surface area contributed by atoms with Crippen molar-refractivity contribution in [1.82, 2.24) is 10.2 Å². The number of hydrogen-bond donors (Lipinski definition) is 0. The third-order valence-corrected chi connectivity index (χ3v) is 5.40. The maximum Gasteiger partial charge on any atom is 0.548 e. The van der Waals surface area contributed by atoms with Gasteiger partial charge in [0.1, 0.15) is 10.1 Å². The van der Waals surface area contributed by atoms with Crippen molar-refractivity contribution >= 4 is 16.5 Å². The highest BCUT2D eigenvalue weighted by Crippen LogP contribution is 2.20. The Morgan fingerprint density at radius 2 is 1.16 bits per heavy atom. The number of aryl methyl sites for hydroxylation is 1. The Balaban J connectivity index is 0.00000576. The van der Waals surface area contributed by atoms with Crippen LogP contribution in [0.25, 0.3) is 4.98 Å². The van der Waals surface area contributed by atoms with E-state index in [1.165, 1.54) is 101 Å². The minimum atomic E-state index is 0. The molecule has 1 aromatic rings. The molecule has 1 aromatic heterocycles. The van der Waals surface area contributed by atoms with E-state index in [-0.39, 0.29) is 12.4 Å². The first-order chi connectivity index (χ1) is 11.9. The van der Waals surface area contributed by atoms with E-state index in [0.29, 0.717) is 5.13 Å². The van der Waals surface area contributed by atoms with Crippen LogP contribution in [-0.4, -0.2) is 10.2 Å². The third kappa shape index (κ3) is 14.2. The molecule has 0 atom stereocenters. The maximum atomic E-state index is 8.59. The smallest absolute Gasteiger partial charge is 0.548 e. The van der Waals surface area contributed by atoms with Crippen LogP contribution >= 0.6 is 11.3 Å². The average Bonchev–Trinajstić information content (AvgIpc) is 3.06. The van der Waals surface area contributed by atoms with Crippen molar-refractivity contribution in [2.24, 2.45) is 0 Å². The molecule has 0 spiro atoms. The molecule has 6 heteroatoms. The Morgan fingerprint density at radius 1 is 0.720 bits per heavy atom. The van der Waals surface area contributed by atoms with E-state index in [9.17, 15) is 0 Å². The van der Waals surface area contributed by atoms with Gasteiger partial charge in [-0.15, -0.1) is 0 Å². The van der Waals surface area contributed by atoms with Gasteiger partial charge in [0.05, 0.1) is 5.39 Å². The highest BCUT2D eigenvalue weighted by Gasteiger charge is 2.13. The summed E-state index contributed by atoms with van der Waals surface area (Å²) in [5, 5.41) is 17.7. The average molecular weight is 387 g/mol. The minimum absolute atomic E-state index is 0. The van der Waals surface area contributed by atoms with E-state index in [1.54, 1.807) is 0 Å². The van der Waals surface area contributed by atoms with Crippen LogP contribution in [0.3, 0.4) is 0 Å². The molecule has 1 rings (SSSR count). The summed E-state index contributed by atoms with van der Waals surface area (Å²) in [7, 11) is 0. The summed E-state index contributed by atoms with van der Waals surface area (Å²) in [5.41, 5.74) is 0. The van der Waals surface area contributed by atoms with Crippen LogP contribution in [0.1, 0.15) is 108 Å². The number of aromatic nitrogens is 2. The Hall–Kier alpha value is -0.730. The molecule has 1 heterocycles. The summed E-state index contributed by atoms with van der Waals surface area (Å²) in [5.74, 6) is 0. The van der Waals surface area contributed by atoms with Gasteiger partial charge in [-0.2, -0.15) is 0 Å². The Bertz CT molecular complexity index is 445. The lowest BCUT2D eigenvalue weighted by molar-refractivity contribution is -0.00000551. The van der Waals surface area contributed by atoms with Crippen molar-refractivity contribution in [3.8, 4) is 0 Å². The summed E-state index contributed by atoms with van der Waals surface area (Å²) < 4.78 is 0. The molecule has 4 nitrogen and oxygen atoms in total. The molecular weight excluding hydrogens is 352 g/mol. The van der Waals surface area contributed by atoms with Crippen LogP contribution in [0, 0.1) is 5.39 Å². The fourth-order valence-electron chi connectivity index (χ4n) is 3.03. The number of hydrogen-bond acceptors (Lipinski definition) is 4. The Morgan fingerprint density at radius 3 is 1.56 bits per heavy atom. The molecule has 0 N–H and O–H groups in total. The quantitative estimate of drug-likeness (QED) is 0.311. The largest absolute Gasteiger partial charge is 1.00 e. The second-order valence-electron chi connectivity index (χ2n) is 6.78. The van der Waals surface area contributed by atoms with Crippen molar-refractivity contribution in [1.29, 1.82) is 5.39 Å². The van der Waals surface area contributed by atoms with Gasteiger partial charge in [0.25, 0.3) is 0 Å². The van der Waals surface area contributed by atoms with Gasteiger partial charge in [-0.25, -0.2) is 0 Å². The van der Waals surface area contributed by atoms with Crippen molar-refractivity contribution in [3.63, 3.8) is 0 Å². The summed E-state index contributed by atoms with van der Waals surface area (Å²) in [6.45, 7) is 2.28. The normalized spacial score (nSPS) is 10.4. The van der Waals surface area contributed by atoms with E-state index in [0.717, 1.165) is 17.8 Å². The second-order valence-corrected chi connectivity index (χ2v) is 7.82. The fraction of sp³-hybridized carbons (Fsp3) is 0.895. The van der Waals surface area contributed by atoms with E-state index >= 15 is 0 Å². The minimum Gasteiger partial charge on any atom is -1.00 e. The highest BCUT2D eigenvalue weighted by molar-refractivity contribution is 7.15. The molecule has 0 unspecified atom stereocenters. The van der Waals surface area contributed by atoms with Crippen LogP contribution in [0.5, 0.6) is 0 Å². The molecule has 0 aromatic carbocycles. The topological polar surface area (TPSA) is 53.9 Å². The molecule has 0 bridgehead atoms. The Labute approximate surface area is 164 Å². The van der Waals surface area contributed by atoms with E-state index in [2.05, 4.69) is 22.1 Å². The van der Waals surface area contributed by atoms with Crippen molar-refractivity contribution in [3.05, 3.63) is 9.98 Å². The molecule has 0 radical (unpaired) electrons. The van der Waals surface area contributed by atoms with Gasteiger partial charge in [0.15, 0.2) is 0 Å². The second kappa shape index (κ2) is 18.1. The van der Waals surface area contributed by atoms with Gasteiger partial charge in [0.2, 0.25) is 0 Å². The Kier molecular flexibility index (Phi) is 17.5. The van der Waals surface area contributed by atoms with Crippen LogP contribution in [0.2, 0.25) is 0 Å². The lowest BCUT2D eigenvalue weighted by Crippen LogP contribution is -3.00. The standard InChI is InChI=1S/C19H35N4S.ClH/c1-2-3-4-5-6-7-8-9-10-11-12-13-14-15-16-17-18-22-23-19(21-20)24-18;/h2-17H2,1H3;1H/q+1;/p-1. The summed E-state index contributed by atoms with van der Waals surface area (Å²) in [6, 6.07) is 0. The van der Waals surface area contributed by atoms with E-state index in [1.807, 2.05) is 0 Å². The molecular formula is C19H35ClN4S. The molecule has 25 heavy (non-hydrogen) atoms. The van der Waals surface area contributed by atoms with Crippen LogP contribution in [0.4, 0.5) is 5.13 Å². The molecule has 0 aliphatic carbocycles. The summed E-state index contributed by atoms with van der Waals surface area (Å²) in [6.07, 6.45) is 21.7.